The summed E-state index contributed by atoms with van der Waals surface area (Å²) < 4.78 is 23.8. The lowest BCUT2D eigenvalue weighted by Gasteiger charge is -2.30. The molecule has 0 saturated carbocycles. The highest BCUT2D eigenvalue weighted by molar-refractivity contribution is 5.99. The molecule has 1 amide bonds. The van der Waals surface area contributed by atoms with Crippen LogP contribution in [0.25, 0.3) is 11.0 Å². The van der Waals surface area contributed by atoms with Crippen molar-refractivity contribution in [2.24, 2.45) is 5.92 Å². The molecule has 1 N–H and O–H groups in total. The highest BCUT2D eigenvalue weighted by atomic mass is 19.1. The van der Waals surface area contributed by atoms with Crippen molar-refractivity contribution in [3.05, 3.63) is 54.2 Å². The van der Waals surface area contributed by atoms with E-state index in [1.165, 1.54) is 18.4 Å². The summed E-state index contributed by atoms with van der Waals surface area (Å²) in [5, 5.41) is 3.84. The van der Waals surface area contributed by atoms with Gasteiger partial charge in [-0.3, -0.25) is 9.59 Å². The predicted molar refractivity (Wildman–Crippen MR) is 109 cm³/mol. The molecule has 1 aliphatic heterocycles. The summed E-state index contributed by atoms with van der Waals surface area (Å²) in [6, 6.07) is 9.25. The number of nitrogens with one attached hydrogen (secondary N) is 1. The van der Waals surface area contributed by atoms with Crippen LogP contribution in [0.15, 0.2) is 47.1 Å². The quantitative estimate of drug-likeness (QED) is 0.636. The maximum absolute atomic E-state index is 13.2. The van der Waals surface area contributed by atoms with Crippen LogP contribution in [0.2, 0.25) is 0 Å². The van der Waals surface area contributed by atoms with Crippen molar-refractivity contribution in [2.75, 3.05) is 25.0 Å². The van der Waals surface area contributed by atoms with Crippen LogP contribution in [-0.2, 0) is 9.53 Å². The van der Waals surface area contributed by atoms with Crippen LogP contribution in [0.4, 0.5) is 15.9 Å². The van der Waals surface area contributed by atoms with E-state index in [9.17, 15) is 14.0 Å². The number of carbonyl (C=O) groups excluding carboxylic acids is 2. The molecule has 156 valence electrons. The molecule has 1 saturated heterocycles. The average molecular weight is 411 g/mol. The fourth-order valence-electron chi connectivity index (χ4n) is 3.58. The molecule has 2 aromatic heterocycles. The van der Waals surface area contributed by atoms with Crippen LogP contribution >= 0.6 is 0 Å². The third-order valence-corrected chi connectivity index (χ3v) is 5.18. The first-order chi connectivity index (χ1) is 14.5. The molecule has 0 bridgehead atoms. The van der Waals surface area contributed by atoms with E-state index in [1.54, 1.807) is 36.1 Å². The standard InChI is InChI=1S/C22H22FN3O4/c1-2-29-22(28)14-7-10-26(11-8-14)21(27)18-13-19-17(9-12-30-19)20(25-18)24-16-5-3-15(23)4-6-16/h3-6,9,12-14H,2,7-8,10-11H2,1H3,(H,24,25). The first-order valence-electron chi connectivity index (χ1n) is 9.92. The maximum Gasteiger partial charge on any atom is 0.309 e. The van der Waals surface area contributed by atoms with Crippen molar-refractivity contribution in [2.45, 2.75) is 19.8 Å². The molecular formula is C22H22FN3O4. The lowest BCUT2D eigenvalue weighted by atomic mass is 9.97. The number of nitrogens with zero attached hydrogens (tertiary/aromatic N) is 2. The number of benzene rings is 1. The number of furan rings is 1. The first kappa shape index (κ1) is 19.9. The van der Waals surface area contributed by atoms with Gasteiger partial charge in [-0.2, -0.15) is 0 Å². The van der Waals surface area contributed by atoms with E-state index in [0.29, 0.717) is 49.6 Å². The summed E-state index contributed by atoms with van der Waals surface area (Å²) in [6.45, 7) is 3.06. The van der Waals surface area contributed by atoms with Gasteiger partial charge in [0.25, 0.3) is 5.91 Å². The maximum atomic E-state index is 13.2. The first-order valence-corrected chi connectivity index (χ1v) is 9.92. The zero-order chi connectivity index (χ0) is 21.1. The van der Waals surface area contributed by atoms with Crippen molar-refractivity contribution in [1.29, 1.82) is 0 Å². The summed E-state index contributed by atoms with van der Waals surface area (Å²) in [7, 11) is 0. The minimum absolute atomic E-state index is 0.176. The van der Waals surface area contributed by atoms with Crippen molar-refractivity contribution < 1.29 is 23.1 Å². The van der Waals surface area contributed by atoms with E-state index in [2.05, 4.69) is 10.3 Å². The van der Waals surface area contributed by atoms with Gasteiger partial charge in [0, 0.05) is 24.8 Å². The fraction of sp³-hybridized carbons (Fsp3) is 0.318. The number of hydrogen-bond donors (Lipinski definition) is 1. The third-order valence-electron chi connectivity index (χ3n) is 5.18. The van der Waals surface area contributed by atoms with Crippen LogP contribution in [0.1, 0.15) is 30.3 Å². The molecule has 7 nitrogen and oxygen atoms in total. The SMILES string of the molecule is CCOC(=O)C1CCN(C(=O)c2cc3occc3c(Nc3ccc(F)cc3)n2)CC1. The summed E-state index contributed by atoms with van der Waals surface area (Å²) in [5.74, 6) is -0.483. The summed E-state index contributed by atoms with van der Waals surface area (Å²) in [6.07, 6.45) is 2.66. The molecule has 0 atom stereocenters. The lowest BCUT2D eigenvalue weighted by molar-refractivity contribution is -0.149. The molecule has 1 fully saturated rings. The van der Waals surface area contributed by atoms with Gasteiger partial charge in [-0.1, -0.05) is 0 Å². The van der Waals surface area contributed by atoms with Crippen molar-refractivity contribution >= 4 is 34.4 Å². The molecular weight excluding hydrogens is 389 g/mol. The Labute approximate surface area is 172 Å². The third kappa shape index (κ3) is 4.12. The van der Waals surface area contributed by atoms with Crippen molar-refractivity contribution in [1.82, 2.24) is 9.88 Å². The molecule has 0 spiro atoms. The molecule has 0 radical (unpaired) electrons. The van der Waals surface area contributed by atoms with Crippen molar-refractivity contribution in [3.63, 3.8) is 0 Å². The highest BCUT2D eigenvalue weighted by Crippen LogP contribution is 2.28. The number of carbonyl (C=O) groups is 2. The minimum atomic E-state index is -0.336. The van der Waals surface area contributed by atoms with Gasteiger partial charge < -0.3 is 19.4 Å². The van der Waals surface area contributed by atoms with Crippen LogP contribution in [0.3, 0.4) is 0 Å². The predicted octanol–water partition coefficient (Wildman–Crippen LogP) is 4.13. The van der Waals surface area contributed by atoms with Gasteiger partial charge in [0.05, 0.1) is 24.2 Å². The van der Waals surface area contributed by atoms with Gasteiger partial charge in [-0.05, 0) is 50.1 Å². The van der Waals surface area contributed by atoms with E-state index in [4.69, 9.17) is 9.15 Å². The minimum Gasteiger partial charge on any atom is -0.466 e. The summed E-state index contributed by atoms with van der Waals surface area (Å²) in [4.78, 5) is 31.2. The highest BCUT2D eigenvalue weighted by Gasteiger charge is 2.29. The number of aromatic nitrogens is 1. The largest absolute Gasteiger partial charge is 0.466 e. The Morgan fingerprint density at radius 3 is 2.67 bits per heavy atom. The van der Waals surface area contributed by atoms with Gasteiger partial charge in [0.15, 0.2) is 0 Å². The molecule has 3 aromatic rings. The smallest absolute Gasteiger partial charge is 0.309 e. The molecule has 4 rings (SSSR count). The van der Waals surface area contributed by atoms with Gasteiger partial charge in [0.1, 0.15) is 22.9 Å². The molecule has 3 heterocycles. The molecule has 8 heteroatoms. The zero-order valence-corrected chi connectivity index (χ0v) is 16.6. The fourth-order valence-corrected chi connectivity index (χ4v) is 3.58. The second-order valence-electron chi connectivity index (χ2n) is 7.14. The monoisotopic (exact) mass is 411 g/mol. The molecule has 1 aliphatic rings. The van der Waals surface area contributed by atoms with Crippen molar-refractivity contribution in [3.8, 4) is 0 Å². The van der Waals surface area contributed by atoms with Gasteiger partial charge >= 0.3 is 5.97 Å². The second-order valence-corrected chi connectivity index (χ2v) is 7.14. The molecule has 0 aliphatic carbocycles. The number of ether oxygens (including phenoxy) is 1. The number of piperidine rings is 1. The number of fused-ring (bicyclic) bond motifs is 1. The van der Waals surface area contributed by atoms with Gasteiger partial charge in [-0.15, -0.1) is 0 Å². The number of esters is 1. The van der Waals surface area contributed by atoms with Crippen LogP contribution in [-0.4, -0.2) is 41.5 Å². The number of pyridine rings is 1. The number of likely N-dealkylation sites (tertiary alicyclic amines) is 1. The topological polar surface area (TPSA) is 84.7 Å². The zero-order valence-electron chi connectivity index (χ0n) is 16.6. The van der Waals surface area contributed by atoms with Crippen LogP contribution < -0.4 is 5.32 Å². The molecule has 1 aromatic carbocycles. The Kier molecular flexibility index (Phi) is 5.65. The van der Waals surface area contributed by atoms with E-state index < -0.39 is 0 Å². The van der Waals surface area contributed by atoms with Gasteiger partial charge in [0.2, 0.25) is 0 Å². The Morgan fingerprint density at radius 2 is 1.97 bits per heavy atom. The number of amides is 1. The molecule has 0 unspecified atom stereocenters. The van der Waals surface area contributed by atoms with Crippen LogP contribution in [0, 0.1) is 11.7 Å². The molecule has 30 heavy (non-hydrogen) atoms. The Balaban J connectivity index is 1.53. The average Bonchev–Trinajstić information content (AvgIpc) is 3.24. The number of anilines is 2. The Morgan fingerprint density at radius 1 is 1.23 bits per heavy atom. The Bertz CT molecular complexity index is 1060. The summed E-state index contributed by atoms with van der Waals surface area (Å²) in [5.41, 5.74) is 1.42. The van der Waals surface area contributed by atoms with E-state index in [0.717, 1.165) is 5.39 Å². The van der Waals surface area contributed by atoms with Crippen LogP contribution in [0.5, 0.6) is 0 Å². The van der Waals surface area contributed by atoms with E-state index >= 15 is 0 Å². The number of hydrogen-bond acceptors (Lipinski definition) is 6. The second kappa shape index (κ2) is 8.52. The number of halogens is 1. The van der Waals surface area contributed by atoms with Gasteiger partial charge in [-0.25, -0.2) is 9.37 Å². The lowest BCUT2D eigenvalue weighted by Crippen LogP contribution is -2.41. The van der Waals surface area contributed by atoms with E-state index in [-0.39, 0.29) is 29.3 Å². The summed E-state index contributed by atoms with van der Waals surface area (Å²) >= 11 is 0. The Hall–Kier alpha value is -3.42. The van der Waals surface area contributed by atoms with E-state index in [1.807, 2.05) is 0 Å². The normalized spacial score (nSPS) is 14.7. The number of rotatable bonds is 5.